The molecule has 88 valence electrons. The summed E-state index contributed by atoms with van der Waals surface area (Å²) in [6, 6.07) is 15.3. The molecule has 0 amide bonds. The van der Waals surface area contributed by atoms with Gasteiger partial charge >= 0.3 is 0 Å². The van der Waals surface area contributed by atoms with Crippen molar-refractivity contribution in [3.05, 3.63) is 59.7 Å². The lowest BCUT2D eigenvalue weighted by molar-refractivity contribution is 0.682. The maximum absolute atomic E-state index is 12.1. The van der Waals surface area contributed by atoms with E-state index in [2.05, 4.69) is 0 Å². The predicted molar refractivity (Wildman–Crippen MR) is 72.1 cm³/mol. The van der Waals surface area contributed by atoms with Gasteiger partial charge in [-0.3, -0.25) is 4.21 Å². The summed E-state index contributed by atoms with van der Waals surface area (Å²) in [6.45, 7) is 2.00. The number of hydrogen-bond acceptors (Lipinski definition) is 2. The SMILES string of the molecule is Cc1cccc(S(=O)Cc2ccc(N)cc2)c1. The Morgan fingerprint density at radius 3 is 2.47 bits per heavy atom. The van der Waals surface area contributed by atoms with E-state index in [1.54, 1.807) is 0 Å². The maximum atomic E-state index is 12.1. The molecule has 0 saturated carbocycles. The fourth-order valence-corrected chi connectivity index (χ4v) is 2.82. The number of hydrogen-bond donors (Lipinski definition) is 1. The van der Waals surface area contributed by atoms with Crippen molar-refractivity contribution in [1.82, 2.24) is 0 Å². The Kier molecular flexibility index (Phi) is 3.59. The standard InChI is InChI=1S/C14H15NOS/c1-11-3-2-4-14(9-11)17(16)10-12-5-7-13(15)8-6-12/h2-9H,10,15H2,1H3. The summed E-state index contributed by atoms with van der Waals surface area (Å²) in [5.41, 5.74) is 8.52. The Morgan fingerprint density at radius 1 is 1.12 bits per heavy atom. The predicted octanol–water partition coefficient (Wildman–Crippen LogP) is 2.89. The van der Waals surface area contributed by atoms with Crippen LogP contribution in [0, 0.1) is 6.92 Å². The molecule has 0 heterocycles. The molecule has 2 aromatic carbocycles. The Morgan fingerprint density at radius 2 is 1.82 bits per heavy atom. The summed E-state index contributed by atoms with van der Waals surface area (Å²) in [6.07, 6.45) is 0. The van der Waals surface area contributed by atoms with Crippen molar-refractivity contribution in [3.63, 3.8) is 0 Å². The first-order valence-electron chi connectivity index (χ1n) is 5.44. The number of anilines is 1. The summed E-state index contributed by atoms with van der Waals surface area (Å²) >= 11 is 0. The van der Waals surface area contributed by atoms with E-state index in [1.807, 2.05) is 55.5 Å². The van der Waals surface area contributed by atoms with Crippen LogP contribution in [0.15, 0.2) is 53.4 Å². The fraction of sp³-hybridized carbons (Fsp3) is 0.143. The smallest absolute Gasteiger partial charge is 0.0574 e. The quantitative estimate of drug-likeness (QED) is 0.845. The normalized spacial score (nSPS) is 12.3. The van der Waals surface area contributed by atoms with Gasteiger partial charge in [-0.2, -0.15) is 0 Å². The first kappa shape index (κ1) is 11.9. The molecule has 2 N–H and O–H groups in total. The average molecular weight is 245 g/mol. The second-order valence-corrected chi connectivity index (χ2v) is 5.50. The monoisotopic (exact) mass is 245 g/mol. The van der Waals surface area contributed by atoms with Crippen molar-refractivity contribution in [2.75, 3.05) is 5.73 Å². The van der Waals surface area contributed by atoms with Crippen molar-refractivity contribution in [2.45, 2.75) is 17.6 Å². The van der Waals surface area contributed by atoms with E-state index in [0.717, 1.165) is 21.7 Å². The molecule has 1 unspecified atom stereocenters. The summed E-state index contributed by atoms with van der Waals surface area (Å²) in [5, 5.41) is 0. The number of benzene rings is 2. The Balaban J connectivity index is 2.14. The highest BCUT2D eigenvalue weighted by Gasteiger charge is 2.05. The molecule has 0 aromatic heterocycles. The van der Waals surface area contributed by atoms with Crippen molar-refractivity contribution >= 4 is 16.5 Å². The maximum Gasteiger partial charge on any atom is 0.0574 e. The van der Waals surface area contributed by atoms with Crippen LogP contribution >= 0.6 is 0 Å². The van der Waals surface area contributed by atoms with E-state index in [0.29, 0.717) is 5.75 Å². The van der Waals surface area contributed by atoms with Crippen molar-refractivity contribution < 1.29 is 4.21 Å². The molecule has 0 fully saturated rings. The second kappa shape index (κ2) is 5.15. The molecule has 2 aromatic rings. The van der Waals surface area contributed by atoms with Crippen LogP contribution in [0.1, 0.15) is 11.1 Å². The van der Waals surface area contributed by atoms with Crippen LogP contribution < -0.4 is 5.73 Å². The number of nitrogen functional groups attached to an aromatic ring is 1. The van der Waals surface area contributed by atoms with E-state index in [9.17, 15) is 4.21 Å². The molecule has 17 heavy (non-hydrogen) atoms. The summed E-state index contributed by atoms with van der Waals surface area (Å²) in [4.78, 5) is 0.877. The van der Waals surface area contributed by atoms with Gasteiger partial charge in [0.25, 0.3) is 0 Å². The fourth-order valence-electron chi connectivity index (χ4n) is 1.61. The molecule has 0 aliphatic heterocycles. The molecule has 0 aliphatic rings. The van der Waals surface area contributed by atoms with Gasteiger partial charge in [-0.15, -0.1) is 0 Å². The van der Waals surface area contributed by atoms with Crippen molar-refractivity contribution in [1.29, 1.82) is 0 Å². The van der Waals surface area contributed by atoms with Crippen molar-refractivity contribution in [3.8, 4) is 0 Å². The lowest BCUT2D eigenvalue weighted by Crippen LogP contribution is -1.97. The second-order valence-electron chi connectivity index (χ2n) is 4.05. The first-order valence-corrected chi connectivity index (χ1v) is 6.76. The highest BCUT2D eigenvalue weighted by molar-refractivity contribution is 7.84. The average Bonchev–Trinajstić information content (AvgIpc) is 2.32. The molecule has 0 saturated heterocycles. The summed E-state index contributed by atoms with van der Waals surface area (Å²) < 4.78 is 12.1. The van der Waals surface area contributed by atoms with E-state index < -0.39 is 10.8 Å². The van der Waals surface area contributed by atoms with Gasteiger partial charge in [-0.25, -0.2) is 0 Å². The zero-order valence-corrected chi connectivity index (χ0v) is 10.5. The molecule has 0 radical (unpaired) electrons. The number of rotatable bonds is 3. The highest BCUT2D eigenvalue weighted by Crippen LogP contribution is 2.14. The zero-order valence-electron chi connectivity index (χ0n) is 9.72. The molecular weight excluding hydrogens is 230 g/mol. The van der Waals surface area contributed by atoms with Gasteiger partial charge in [0, 0.05) is 10.6 Å². The minimum absolute atomic E-state index is 0.531. The molecule has 0 bridgehead atoms. The molecule has 0 aliphatic carbocycles. The molecule has 1 atom stereocenters. The number of nitrogens with two attached hydrogens (primary N) is 1. The molecule has 2 rings (SSSR count). The third kappa shape index (κ3) is 3.17. The Hall–Kier alpha value is -1.61. The Labute approximate surface area is 104 Å². The van der Waals surface area contributed by atoms with E-state index in [4.69, 9.17) is 5.73 Å². The van der Waals surface area contributed by atoms with Crippen LogP contribution in [0.2, 0.25) is 0 Å². The van der Waals surface area contributed by atoms with E-state index in [1.165, 1.54) is 0 Å². The van der Waals surface area contributed by atoms with Gasteiger partial charge in [-0.05, 0) is 42.3 Å². The van der Waals surface area contributed by atoms with Crippen LogP contribution in [-0.2, 0) is 16.6 Å². The van der Waals surface area contributed by atoms with E-state index >= 15 is 0 Å². The zero-order chi connectivity index (χ0) is 12.3. The number of aryl methyl sites for hydroxylation is 1. The van der Waals surface area contributed by atoms with Crippen LogP contribution in [0.3, 0.4) is 0 Å². The van der Waals surface area contributed by atoms with Gasteiger partial charge in [0.05, 0.1) is 16.6 Å². The third-order valence-electron chi connectivity index (χ3n) is 2.53. The lowest BCUT2D eigenvalue weighted by Gasteiger charge is -2.04. The summed E-state index contributed by atoms with van der Waals surface area (Å²) in [7, 11) is -0.992. The lowest BCUT2D eigenvalue weighted by atomic mass is 10.2. The van der Waals surface area contributed by atoms with Crippen LogP contribution in [-0.4, -0.2) is 4.21 Å². The van der Waals surface area contributed by atoms with Crippen molar-refractivity contribution in [2.24, 2.45) is 0 Å². The van der Waals surface area contributed by atoms with Gasteiger partial charge in [0.1, 0.15) is 0 Å². The largest absolute Gasteiger partial charge is 0.399 e. The van der Waals surface area contributed by atoms with E-state index in [-0.39, 0.29) is 0 Å². The van der Waals surface area contributed by atoms with Crippen LogP contribution in [0.25, 0.3) is 0 Å². The highest BCUT2D eigenvalue weighted by atomic mass is 32.2. The minimum atomic E-state index is -0.992. The van der Waals surface area contributed by atoms with Gasteiger partial charge in [0.2, 0.25) is 0 Å². The Bertz CT molecular complexity index is 534. The van der Waals surface area contributed by atoms with Crippen LogP contribution in [0.5, 0.6) is 0 Å². The molecule has 2 nitrogen and oxygen atoms in total. The molecule has 3 heteroatoms. The topological polar surface area (TPSA) is 43.1 Å². The molecular formula is C14H15NOS. The third-order valence-corrected chi connectivity index (χ3v) is 3.91. The molecule has 0 spiro atoms. The first-order chi connectivity index (χ1) is 8.15. The minimum Gasteiger partial charge on any atom is -0.399 e. The summed E-state index contributed by atoms with van der Waals surface area (Å²) in [5.74, 6) is 0.531. The van der Waals surface area contributed by atoms with Gasteiger partial charge in [-0.1, -0.05) is 24.3 Å². The van der Waals surface area contributed by atoms with Gasteiger partial charge in [0.15, 0.2) is 0 Å². The van der Waals surface area contributed by atoms with Gasteiger partial charge < -0.3 is 5.73 Å². The van der Waals surface area contributed by atoms with Crippen LogP contribution in [0.4, 0.5) is 5.69 Å².